The fraction of sp³-hybridized carbons (Fsp3) is 0.368. The Morgan fingerprint density at radius 3 is 1.83 bits per heavy atom. The van der Waals surface area contributed by atoms with Gasteiger partial charge < -0.3 is 20.5 Å². The monoisotopic (exact) mass is 314 g/mol. The highest BCUT2D eigenvalue weighted by Gasteiger charge is 2.13. The number of benzene rings is 2. The maximum atomic E-state index is 6.32. The maximum Gasteiger partial charge on any atom is 0.118 e. The smallest absolute Gasteiger partial charge is 0.118 e. The Labute approximate surface area is 138 Å². The van der Waals surface area contributed by atoms with Gasteiger partial charge in [-0.25, -0.2) is 0 Å². The van der Waals surface area contributed by atoms with Crippen molar-refractivity contribution in [3.63, 3.8) is 0 Å². The summed E-state index contributed by atoms with van der Waals surface area (Å²) < 4.78 is 10.3. The Morgan fingerprint density at radius 1 is 0.870 bits per heavy atom. The molecule has 0 saturated heterocycles. The number of nitrogens with one attached hydrogen (secondary N) is 1. The van der Waals surface area contributed by atoms with E-state index in [2.05, 4.69) is 36.5 Å². The van der Waals surface area contributed by atoms with Crippen LogP contribution in [0.2, 0.25) is 0 Å². The van der Waals surface area contributed by atoms with Crippen molar-refractivity contribution in [1.82, 2.24) is 5.32 Å². The molecule has 23 heavy (non-hydrogen) atoms. The number of nitrogens with two attached hydrogens (primary N) is 1. The number of hydrogen-bond donors (Lipinski definition) is 2. The molecular formula is C19H26N2O2. The number of ether oxygens (including phenoxy) is 2. The Balaban J connectivity index is 1.82. The standard InChI is InChI=1S/C19H26N2O2/c1-14(21-13-16-6-10-18(23-3)11-7-16)19(20)12-15-4-8-17(22-2)9-5-15/h4-11,14,19,21H,12-13,20H2,1-3H3. The zero-order valence-electron chi connectivity index (χ0n) is 14.1. The van der Waals surface area contributed by atoms with Crippen molar-refractivity contribution in [3.05, 3.63) is 59.7 Å². The second kappa shape index (κ2) is 8.56. The van der Waals surface area contributed by atoms with Crippen molar-refractivity contribution in [2.75, 3.05) is 14.2 Å². The highest BCUT2D eigenvalue weighted by Crippen LogP contribution is 2.14. The molecule has 0 radical (unpaired) electrons. The zero-order chi connectivity index (χ0) is 16.7. The minimum atomic E-state index is 0.0571. The molecule has 0 bridgehead atoms. The maximum absolute atomic E-state index is 6.32. The highest BCUT2D eigenvalue weighted by molar-refractivity contribution is 5.28. The van der Waals surface area contributed by atoms with Gasteiger partial charge in [0, 0.05) is 18.6 Å². The molecule has 2 atom stereocenters. The summed E-state index contributed by atoms with van der Waals surface area (Å²) in [6, 6.07) is 16.4. The van der Waals surface area contributed by atoms with Gasteiger partial charge in [-0.3, -0.25) is 0 Å². The van der Waals surface area contributed by atoms with Crippen LogP contribution < -0.4 is 20.5 Å². The lowest BCUT2D eigenvalue weighted by Crippen LogP contribution is -2.44. The molecule has 0 heterocycles. The summed E-state index contributed by atoms with van der Waals surface area (Å²) in [5.41, 5.74) is 8.75. The Morgan fingerprint density at radius 2 is 1.35 bits per heavy atom. The third-order valence-electron chi connectivity index (χ3n) is 4.06. The summed E-state index contributed by atoms with van der Waals surface area (Å²) in [5.74, 6) is 1.74. The fourth-order valence-electron chi connectivity index (χ4n) is 2.38. The van der Waals surface area contributed by atoms with Gasteiger partial charge in [0.1, 0.15) is 11.5 Å². The first-order valence-corrected chi connectivity index (χ1v) is 7.87. The van der Waals surface area contributed by atoms with Crippen LogP contribution in [0.4, 0.5) is 0 Å². The van der Waals surface area contributed by atoms with Crippen LogP contribution >= 0.6 is 0 Å². The molecule has 2 unspecified atom stereocenters. The van der Waals surface area contributed by atoms with Crippen LogP contribution in [0.5, 0.6) is 11.5 Å². The summed E-state index contributed by atoms with van der Waals surface area (Å²) >= 11 is 0. The quantitative estimate of drug-likeness (QED) is 0.786. The SMILES string of the molecule is COc1ccc(CNC(C)C(N)Cc2ccc(OC)cc2)cc1. The Bertz CT molecular complexity index is 581. The van der Waals surface area contributed by atoms with Crippen molar-refractivity contribution >= 4 is 0 Å². The van der Waals surface area contributed by atoms with E-state index < -0.39 is 0 Å². The molecule has 0 fully saturated rings. The van der Waals surface area contributed by atoms with Gasteiger partial charge in [0.25, 0.3) is 0 Å². The van der Waals surface area contributed by atoms with Crippen molar-refractivity contribution in [3.8, 4) is 11.5 Å². The molecule has 0 aliphatic carbocycles. The van der Waals surface area contributed by atoms with Gasteiger partial charge in [0.2, 0.25) is 0 Å². The van der Waals surface area contributed by atoms with Crippen LogP contribution in [0.15, 0.2) is 48.5 Å². The largest absolute Gasteiger partial charge is 0.497 e. The first-order chi connectivity index (χ1) is 11.1. The summed E-state index contributed by atoms with van der Waals surface area (Å²) in [4.78, 5) is 0. The molecule has 2 rings (SSSR count). The summed E-state index contributed by atoms with van der Waals surface area (Å²) in [6.45, 7) is 2.92. The normalized spacial score (nSPS) is 13.4. The number of methoxy groups -OCH3 is 2. The van der Waals surface area contributed by atoms with Crippen molar-refractivity contribution < 1.29 is 9.47 Å². The summed E-state index contributed by atoms with van der Waals surface area (Å²) in [7, 11) is 3.35. The molecule has 2 aromatic rings. The average Bonchev–Trinajstić information content (AvgIpc) is 2.60. The molecule has 4 nitrogen and oxygen atoms in total. The van der Waals surface area contributed by atoms with E-state index in [1.54, 1.807) is 14.2 Å². The van der Waals surface area contributed by atoms with E-state index >= 15 is 0 Å². The first-order valence-electron chi connectivity index (χ1n) is 7.87. The molecule has 2 aromatic carbocycles. The molecule has 0 spiro atoms. The van der Waals surface area contributed by atoms with Gasteiger partial charge in [0.05, 0.1) is 14.2 Å². The average molecular weight is 314 g/mol. The predicted molar refractivity (Wildman–Crippen MR) is 94.0 cm³/mol. The van der Waals surface area contributed by atoms with Crippen LogP contribution in [-0.2, 0) is 13.0 Å². The number of hydrogen-bond acceptors (Lipinski definition) is 4. The lowest BCUT2D eigenvalue weighted by atomic mass is 10.0. The van der Waals surface area contributed by atoms with Crippen LogP contribution in [0, 0.1) is 0 Å². The molecule has 0 aliphatic heterocycles. The van der Waals surface area contributed by atoms with Crippen LogP contribution in [0.3, 0.4) is 0 Å². The molecule has 3 N–H and O–H groups in total. The third-order valence-corrected chi connectivity index (χ3v) is 4.06. The molecule has 4 heteroatoms. The zero-order valence-corrected chi connectivity index (χ0v) is 14.1. The second-order valence-electron chi connectivity index (χ2n) is 5.73. The molecule has 0 saturated carbocycles. The minimum absolute atomic E-state index is 0.0571. The highest BCUT2D eigenvalue weighted by atomic mass is 16.5. The Kier molecular flexibility index (Phi) is 6.44. The second-order valence-corrected chi connectivity index (χ2v) is 5.73. The van der Waals surface area contributed by atoms with E-state index in [1.807, 2.05) is 24.3 Å². The van der Waals surface area contributed by atoms with Crippen LogP contribution in [0.1, 0.15) is 18.1 Å². The lowest BCUT2D eigenvalue weighted by molar-refractivity contribution is 0.414. The predicted octanol–water partition coefficient (Wildman–Crippen LogP) is 2.75. The van der Waals surface area contributed by atoms with Gasteiger partial charge in [-0.2, -0.15) is 0 Å². The van der Waals surface area contributed by atoms with E-state index in [0.717, 1.165) is 24.5 Å². The van der Waals surface area contributed by atoms with E-state index in [9.17, 15) is 0 Å². The lowest BCUT2D eigenvalue weighted by Gasteiger charge is -2.21. The summed E-state index contributed by atoms with van der Waals surface area (Å²) in [5, 5.41) is 3.49. The van der Waals surface area contributed by atoms with E-state index in [-0.39, 0.29) is 12.1 Å². The fourth-order valence-corrected chi connectivity index (χ4v) is 2.38. The van der Waals surface area contributed by atoms with Crippen LogP contribution in [0.25, 0.3) is 0 Å². The van der Waals surface area contributed by atoms with Gasteiger partial charge in [-0.05, 0) is 48.7 Å². The van der Waals surface area contributed by atoms with Gasteiger partial charge >= 0.3 is 0 Å². The van der Waals surface area contributed by atoms with Gasteiger partial charge in [-0.15, -0.1) is 0 Å². The minimum Gasteiger partial charge on any atom is -0.497 e. The molecule has 0 aliphatic rings. The van der Waals surface area contributed by atoms with E-state index in [0.29, 0.717) is 0 Å². The van der Waals surface area contributed by atoms with Gasteiger partial charge in [-0.1, -0.05) is 24.3 Å². The molecular weight excluding hydrogens is 288 g/mol. The van der Waals surface area contributed by atoms with Crippen molar-refractivity contribution in [2.45, 2.75) is 32.0 Å². The van der Waals surface area contributed by atoms with Gasteiger partial charge in [0.15, 0.2) is 0 Å². The van der Waals surface area contributed by atoms with E-state index in [1.165, 1.54) is 11.1 Å². The Hall–Kier alpha value is -2.04. The molecule has 0 aromatic heterocycles. The summed E-state index contributed by atoms with van der Waals surface area (Å²) in [6.07, 6.45) is 0.834. The topological polar surface area (TPSA) is 56.5 Å². The number of rotatable bonds is 8. The first kappa shape index (κ1) is 17.3. The molecule has 124 valence electrons. The van der Waals surface area contributed by atoms with Crippen LogP contribution in [-0.4, -0.2) is 26.3 Å². The van der Waals surface area contributed by atoms with E-state index in [4.69, 9.17) is 15.2 Å². The molecule has 0 amide bonds. The van der Waals surface area contributed by atoms with Crippen molar-refractivity contribution in [1.29, 1.82) is 0 Å². The third kappa shape index (κ3) is 5.27. The van der Waals surface area contributed by atoms with Crippen molar-refractivity contribution in [2.24, 2.45) is 5.73 Å².